The molecule has 0 bridgehead atoms. The number of aromatic nitrogens is 1. The summed E-state index contributed by atoms with van der Waals surface area (Å²) in [5.74, 6) is 0. The van der Waals surface area contributed by atoms with Crippen LogP contribution in [0.1, 0.15) is 49.2 Å². The van der Waals surface area contributed by atoms with Crippen LogP contribution in [-0.2, 0) is 6.54 Å². The lowest BCUT2D eigenvalue weighted by molar-refractivity contribution is 0.154. The van der Waals surface area contributed by atoms with E-state index in [0.29, 0.717) is 5.41 Å². The Hall–Kier alpha value is -0.450. The monoisotopic (exact) mass is 281 g/mol. The zero-order valence-corrected chi connectivity index (χ0v) is 13.1. The van der Waals surface area contributed by atoms with E-state index in [-0.39, 0.29) is 0 Å². The lowest BCUT2D eigenvalue weighted by Gasteiger charge is -2.37. The van der Waals surface area contributed by atoms with E-state index in [1.807, 2.05) is 0 Å². The SMILES string of the molecule is Cc1nc(CN(C)CCC2(CN)CCCCC2)cs1. The molecule has 1 heterocycles. The van der Waals surface area contributed by atoms with Crippen LogP contribution in [0.3, 0.4) is 0 Å². The molecule has 2 N–H and O–H groups in total. The summed E-state index contributed by atoms with van der Waals surface area (Å²) in [5, 5.41) is 3.33. The Morgan fingerprint density at radius 3 is 2.68 bits per heavy atom. The molecule has 2 rings (SSSR count). The van der Waals surface area contributed by atoms with E-state index >= 15 is 0 Å². The third-order valence-corrected chi connectivity index (χ3v) is 5.29. The topological polar surface area (TPSA) is 42.2 Å². The van der Waals surface area contributed by atoms with Gasteiger partial charge in [-0.15, -0.1) is 11.3 Å². The van der Waals surface area contributed by atoms with Crippen molar-refractivity contribution in [1.82, 2.24) is 9.88 Å². The standard InChI is InChI=1S/C15H27N3S/c1-13-17-14(11-19-13)10-18(2)9-8-15(12-16)6-4-3-5-7-15/h11H,3-10,12,16H2,1-2H3. The van der Waals surface area contributed by atoms with E-state index in [4.69, 9.17) is 5.73 Å². The van der Waals surface area contributed by atoms with E-state index in [1.54, 1.807) is 11.3 Å². The molecule has 0 aromatic carbocycles. The summed E-state index contributed by atoms with van der Waals surface area (Å²) in [4.78, 5) is 6.92. The van der Waals surface area contributed by atoms with E-state index in [1.165, 1.54) is 44.2 Å². The second kappa shape index (κ2) is 6.82. The third kappa shape index (κ3) is 4.26. The normalized spacial score (nSPS) is 18.9. The molecular formula is C15H27N3S. The van der Waals surface area contributed by atoms with Gasteiger partial charge in [-0.25, -0.2) is 4.98 Å². The second-order valence-electron chi connectivity index (χ2n) is 6.11. The molecule has 0 atom stereocenters. The molecule has 19 heavy (non-hydrogen) atoms. The van der Waals surface area contributed by atoms with Gasteiger partial charge in [-0.3, -0.25) is 0 Å². The number of rotatable bonds is 6. The van der Waals surface area contributed by atoms with Gasteiger partial charge in [-0.2, -0.15) is 0 Å². The molecule has 0 saturated heterocycles. The summed E-state index contributed by atoms with van der Waals surface area (Å²) >= 11 is 1.74. The van der Waals surface area contributed by atoms with E-state index < -0.39 is 0 Å². The smallest absolute Gasteiger partial charge is 0.0897 e. The molecule has 1 saturated carbocycles. The molecule has 108 valence electrons. The van der Waals surface area contributed by atoms with Crippen molar-refractivity contribution in [2.45, 2.75) is 52.0 Å². The summed E-state index contributed by atoms with van der Waals surface area (Å²) < 4.78 is 0. The highest BCUT2D eigenvalue weighted by Gasteiger charge is 2.30. The highest BCUT2D eigenvalue weighted by Crippen LogP contribution is 2.38. The lowest BCUT2D eigenvalue weighted by atomic mass is 9.72. The fourth-order valence-corrected chi connectivity index (χ4v) is 3.73. The first-order valence-corrected chi connectivity index (χ1v) is 8.31. The van der Waals surface area contributed by atoms with Crippen LogP contribution in [0.4, 0.5) is 0 Å². The Labute approximate surface area is 121 Å². The van der Waals surface area contributed by atoms with Crippen LogP contribution in [0.5, 0.6) is 0 Å². The number of nitrogens with two attached hydrogens (primary N) is 1. The summed E-state index contributed by atoms with van der Waals surface area (Å²) in [5.41, 5.74) is 7.68. The van der Waals surface area contributed by atoms with Crippen molar-refractivity contribution in [3.05, 3.63) is 16.1 Å². The molecule has 0 amide bonds. The summed E-state index contributed by atoms with van der Waals surface area (Å²) in [6.07, 6.45) is 8.03. The first kappa shape index (κ1) is 14.9. The fourth-order valence-electron chi connectivity index (χ4n) is 3.12. The molecule has 0 radical (unpaired) electrons. The van der Waals surface area contributed by atoms with Gasteiger partial charge >= 0.3 is 0 Å². The average molecular weight is 281 g/mol. The Morgan fingerprint density at radius 2 is 2.11 bits per heavy atom. The molecule has 0 unspecified atom stereocenters. The Balaban J connectivity index is 1.80. The Morgan fingerprint density at radius 1 is 1.37 bits per heavy atom. The Bertz CT molecular complexity index is 382. The van der Waals surface area contributed by atoms with Crippen molar-refractivity contribution in [2.75, 3.05) is 20.1 Å². The van der Waals surface area contributed by atoms with Crippen molar-refractivity contribution >= 4 is 11.3 Å². The molecule has 0 aliphatic heterocycles. The van der Waals surface area contributed by atoms with E-state index in [9.17, 15) is 0 Å². The van der Waals surface area contributed by atoms with E-state index in [0.717, 1.165) is 24.6 Å². The minimum Gasteiger partial charge on any atom is -0.330 e. The lowest BCUT2D eigenvalue weighted by Crippen LogP contribution is -2.36. The van der Waals surface area contributed by atoms with Gasteiger partial charge in [-0.05, 0) is 51.7 Å². The van der Waals surface area contributed by atoms with Gasteiger partial charge < -0.3 is 10.6 Å². The van der Waals surface area contributed by atoms with Crippen LogP contribution < -0.4 is 5.73 Å². The molecule has 1 aromatic heterocycles. The van der Waals surface area contributed by atoms with Crippen LogP contribution >= 0.6 is 11.3 Å². The van der Waals surface area contributed by atoms with Gasteiger partial charge in [0.1, 0.15) is 0 Å². The van der Waals surface area contributed by atoms with Crippen LogP contribution in [0.25, 0.3) is 0 Å². The predicted octanol–water partition coefficient (Wildman–Crippen LogP) is 3.18. The molecule has 1 aliphatic rings. The zero-order chi connectivity index (χ0) is 13.7. The van der Waals surface area contributed by atoms with Crippen LogP contribution in [0, 0.1) is 12.3 Å². The summed E-state index contributed by atoms with van der Waals surface area (Å²) in [7, 11) is 2.20. The highest BCUT2D eigenvalue weighted by molar-refractivity contribution is 7.09. The van der Waals surface area contributed by atoms with Crippen molar-refractivity contribution in [2.24, 2.45) is 11.1 Å². The predicted molar refractivity (Wildman–Crippen MR) is 82.4 cm³/mol. The average Bonchev–Trinajstić information content (AvgIpc) is 2.83. The number of hydrogen-bond acceptors (Lipinski definition) is 4. The van der Waals surface area contributed by atoms with Crippen molar-refractivity contribution < 1.29 is 0 Å². The maximum absolute atomic E-state index is 6.05. The molecule has 3 nitrogen and oxygen atoms in total. The van der Waals surface area contributed by atoms with Crippen molar-refractivity contribution in [3.8, 4) is 0 Å². The fraction of sp³-hybridized carbons (Fsp3) is 0.800. The molecule has 1 aliphatic carbocycles. The van der Waals surface area contributed by atoms with Gasteiger partial charge in [0.05, 0.1) is 10.7 Å². The molecule has 0 spiro atoms. The Kier molecular flexibility index (Phi) is 5.37. The van der Waals surface area contributed by atoms with Gasteiger partial charge in [0.15, 0.2) is 0 Å². The van der Waals surface area contributed by atoms with Gasteiger partial charge in [0.2, 0.25) is 0 Å². The van der Waals surface area contributed by atoms with Gasteiger partial charge in [0.25, 0.3) is 0 Å². The van der Waals surface area contributed by atoms with Crippen molar-refractivity contribution in [3.63, 3.8) is 0 Å². The highest BCUT2D eigenvalue weighted by atomic mass is 32.1. The quantitative estimate of drug-likeness (QED) is 0.871. The first-order chi connectivity index (χ1) is 9.13. The van der Waals surface area contributed by atoms with Crippen LogP contribution in [-0.4, -0.2) is 30.0 Å². The number of nitrogens with zero attached hydrogens (tertiary/aromatic N) is 2. The molecule has 1 fully saturated rings. The first-order valence-electron chi connectivity index (χ1n) is 7.43. The maximum Gasteiger partial charge on any atom is 0.0897 e. The number of aryl methyl sites for hydroxylation is 1. The minimum atomic E-state index is 0.421. The van der Waals surface area contributed by atoms with Gasteiger partial charge in [0, 0.05) is 11.9 Å². The second-order valence-corrected chi connectivity index (χ2v) is 7.17. The van der Waals surface area contributed by atoms with Crippen LogP contribution in [0.2, 0.25) is 0 Å². The van der Waals surface area contributed by atoms with Crippen molar-refractivity contribution in [1.29, 1.82) is 0 Å². The minimum absolute atomic E-state index is 0.421. The number of thiazole rings is 1. The molecule has 1 aromatic rings. The summed E-state index contributed by atoms with van der Waals surface area (Å²) in [6, 6.07) is 0. The summed E-state index contributed by atoms with van der Waals surface area (Å²) in [6.45, 7) is 5.02. The number of hydrogen-bond donors (Lipinski definition) is 1. The van der Waals surface area contributed by atoms with Crippen LogP contribution in [0.15, 0.2) is 5.38 Å². The molecule has 4 heteroatoms. The zero-order valence-electron chi connectivity index (χ0n) is 12.3. The van der Waals surface area contributed by atoms with E-state index in [2.05, 4.69) is 29.2 Å². The molecular weight excluding hydrogens is 254 g/mol. The third-order valence-electron chi connectivity index (χ3n) is 4.47. The maximum atomic E-state index is 6.05. The van der Waals surface area contributed by atoms with Gasteiger partial charge in [-0.1, -0.05) is 19.3 Å². The largest absolute Gasteiger partial charge is 0.330 e.